The number of aliphatic hydroxyl groups excluding tert-OH is 1. The van der Waals surface area contributed by atoms with Gasteiger partial charge in [-0.05, 0) is 44.0 Å². The van der Waals surface area contributed by atoms with Crippen LogP contribution in [0.1, 0.15) is 18.1 Å². The Labute approximate surface area is 110 Å². The predicted molar refractivity (Wildman–Crippen MR) is 73.5 cm³/mol. The number of rotatable bonds is 4. The van der Waals surface area contributed by atoms with Crippen LogP contribution >= 0.6 is 15.9 Å². The Bertz CT molecular complexity index is 404. The van der Waals surface area contributed by atoms with Crippen molar-refractivity contribution in [2.75, 3.05) is 10.6 Å². The van der Waals surface area contributed by atoms with Crippen LogP contribution in [0.15, 0.2) is 18.2 Å². The van der Waals surface area contributed by atoms with Gasteiger partial charge in [0.05, 0.1) is 12.0 Å². The van der Waals surface area contributed by atoms with E-state index in [0.29, 0.717) is 5.33 Å². The largest absolute Gasteiger partial charge is 0.393 e. The highest BCUT2D eigenvalue weighted by molar-refractivity contribution is 9.09. The Balaban J connectivity index is 2.77. The van der Waals surface area contributed by atoms with Crippen molar-refractivity contribution < 1.29 is 9.90 Å². The predicted octanol–water partition coefficient (Wildman–Crippen LogP) is 2.63. The molecule has 1 rings (SSSR count). The molecule has 0 aliphatic carbocycles. The SMILES string of the molecule is Cc1ccc(NC(=O)C(CBr)C(C)O)cc1C. The number of nitrogens with one attached hydrogen (secondary N) is 1. The summed E-state index contributed by atoms with van der Waals surface area (Å²) in [6.07, 6.45) is -0.666. The van der Waals surface area contributed by atoms with Gasteiger partial charge in [-0.25, -0.2) is 0 Å². The monoisotopic (exact) mass is 299 g/mol. The van der Waals surface area contributed by atoms with Crippen molar-refractivity contribution in [3.63, 3.8) is 0 Å². The molecule has 2 unspecified atom stereocenters. The van der Waals surface area contributed by atoms with Crippen LogP contribution in [0.3, 0.4) is 0 Å². The second-order valence-corrected chi connectivity index (χ2v) is 4.94. The summed E-state index contributed by atoms with van der Waals surface area (Å²) in [7, 11) is 0. The van der Waals surface area contributed by atoms with E-state index in [1.165, 1.54) is 5.56 Å². The van der Waals surface area contributed by atoms with Crippen LogP contribution in [0.2, 0.25) is 0 Å². The van der Waals surface area contributed by atoms with Crippen molar-refractivity contribution in [3.05, 3.63) is 29.3 Å². The zero-order chi connectivity index (χ0) is 13.0. The molecule has 0 saturated heterocycles. The minimum Gasteiger partial charge on any atom is -0.393 e. The van der Waals surface area contributed by atoms with E-state index in [2.05, 4.69) is 21.2 Å². The molecular formula is C13H18BrNO2. The molecule has 0 aromatic heterocycles. The van der Waals surface area contributed by atoms with Gasteiger partial charge in [-0.2, -0.15) is 0 Å². The first-order valence-electron chi connectivity index (χ1n) is 5.58. The Morgan fingerprint density at radius 1 is 1.41 bits per heavy atom. The third-order valence-electron chi connectivity index (χ3n) is 2.86. The topological polar surface area (TPSA) is 49.3 Å². The third-order valence-corrected chi connectivity index (χ3v) is 3.56. The molecule has 0 fully saturated rings. The molecule has 0 spiro atoms. The number of carbonyl (C=O) groups excluding carboxylic acids is 1. The number of aliphatic hydroxyl groups is 1. The van der Waals surface area contributed by atoms with Crippen molar-refractivity contribution >= 4 is 27.5 Å². The molecule has 94 valence electrons. The van der Waals surface area contributed by atoms with E-state index in [9.17, 15) is 9.90 Å². The summed E-state index contributed by atoms with van der Waals surface area (Å²) in [6, 6.07) is 5.77. The fraction of sp³-hybridized carbons (Fsp3) is 0.462. The van der Waals surface area contributed by atoms with E-state index in [-0.39, 0.29) is 5.91 Å². The molecule has 0 saturated carbocycles. The molecule has 0 heterocycles. The second-order valence-electron chi connectivity index (χ2n) is 4.29. The second kappa shape index (κ2) is 6.17. The van der Waals surface area contributed by atoms with Crippen LogP contribution in [-0.4, -0.2) is 22.4 Å². The summed E-state index contributed by atoms with van der Waals surface area (Å²) in [5, 5.41) is 12.7. The summed E-state index contributed by atoms with van der Waals surface area (Å²) in [5.41, 5.74) is 3.09. The lowest BCUT2D eigenvalue weighted by Crippen LogP contribution is -2.32. The molecule has 0 radical (unpaired) electrons. The van der Waals surface area contributed by atoms with Crippen molar-refractivity contribution in [3.8, 4) is 0 Å². The summed E-state index contributed by atoms with van der Waals surface area (Å²) < 4.78 is 0. The smallest absolute Gasteiger partial charge is 0.230 e. The molecule has 0 aliphatic heterocycles. The van der Waals surface area contributed by atoms with Crippen molar-refractivity contribution in [1.29, 1.82) is 0 Å². The third kappa shape index (κ3) is 3.82. The highest BCUT2D eigenvalue weighted by atomic mass is 79.9. The zero-order valence-electron chi connectivity index (χ0n) is 10.3. The first-order valence-corrected chi connectivity index (χ1v) is 6.70. The molecule has 1 aromatic rings. The number of hydrogen-bond donors (Lipinski definition) is 2. The average Bonchev–Trinajstić information content (AvgIpc) is 2.24. The first kappa shape index (κ1) is 14.2. The van der Waals surface area contributed by atoms with Gasteiger partial charge in [-0.1, -0.05) is 22.0 Å². The summed E-state index contributed by atoms with van der Waals surface area (Å²) in [5.74, 6) is -0.600. The van der Waals surface area contributed by atoms with Crippen molar-refractivity contribution in [2.24, 2.45) is 5.92 Å². The van der Waals surface area contributed by atoms with Crippen LogP contribution < -0.4 is 5.32 Å². The van der Waals surface area contributed by atoms with E-state index in [1.54, 1.807) is 6.92 Å². The molecule has 17 heavy (non-hydrogen) atoms. The minimum atomic E-state index is -0.666. The molecule has 2 atom stereocenters. The van der Waals surface area contributed by atoms with Gasteiger partial charge in [0, 0.05) is 11.0 Å². The van der Waals surface area contributed by atoms with Crippen LogP contribution in [0, 0.1) is 19.8 Å². The summed E-state index contributed by atoms with van der Waals surface area (Å²) in [4.78, 5) is 11.9. The molecule has 1 amide bonds. The van der Waals surface area contributed by atoms with Gasteiger partial charge in [0.2, 0.25) is 5.91 Å². The van der Waals surface area contributed by atoms with Gasteiger partial charge < -0.3 is 10.4 Å². The molecule has 3 nitrogen and oxygen atoms in total. The van der Waals surface area contributed by atoms with Crippen LogP contribution in [0.4, 0.5) is 5.69 Å². The van der Waals surface area contributed by atoms with Crippen molar-refractivity contribution in [2.45, 2.75) is 26.9 Å². The molecule has 4 heteroatoms. The molecule has 1 aromatic carbocycles. The van der Waals surface area contributed by atoms with Gasteiger partial charge in [0.25, 0.3) is 0 Å². The van der Waals surface area contributed by atoms with E-state index in [0.717, 1.165) is 11.3 Å². The zero-order valence-corrected chi connectivity index (χ0v) is 11.9. The molecule has 0 bridgehead atoms. The number of aryl methyl sites for hydroxylation is 2. The number of halogens is 1. The minimum absolute atomic E-state index is 0.167. The van der Waals surface area contributed by atoms with Crippen LogP contribution in [-0.2, 0) is 4.79 Å². The van der Waals surface area contributed by atoms with E-state index in [1.807, 2.05) is 32.0 Å². The number of amides is 1. The Morgan fingerprint density at radius 2 is 2.06 bits per heavy atom. The van der Waals surface area contributed by atoms with Crippen molar-refractivity contribution in [1.82, 2.24) is 0 Å². The lowest BCUT2D eigenvalue weighted by Gasteiger charge is -2.17. The quantitative estimate of drug-likeness (QED) is 0.840. The molecule has 2 N–H and O–H groups in total. The van der Waals surface area contributed by atoms with E-state index >= 15 is 0 Å². The van der Waals surface area contributed by atoms with Gasteiger partial charge in [-0.15, -0.1) is 0 Å². The molecular weight excluding hydrogens is 282 g/mol. The number of carbonyl (C=O) groups is 1. The summed E-state index contributed by atoms with van der Waals surface area (Å²) in [6.45, 7) is 5.64. The highest BCUT2D eigenvalue weighted by Crippen LogP contribution is 2.16. The Hall–Kier alpha value is -0.870. The fourth-order valence-electron chi connectivity index (χ4n) is 1.47. The maximum atomic E-state index is 11.9. The Morgan fingerprint density at radius 3 is 2.53 bits per heavy atom. The fourth-order valence-corrected chi connectivity index (χ4v) is 2.31. The van der Waals surface area contributed by atoms with Gasteiger partial charge in [0.1, 0.15) is 0 Å². The standard InChI is InChI=1S/C13H18BrNO2/c1-8-4-5-11(6-9(8)2)15-13(17)12(7-14)10(3)16/h4-6,10,12,16H,7H2,1-3H3,(H,15,17). The van der Waals surface area contributed by atoms with Gasteiger partial charge >= 0.3 is 0 Å². The van der Waals surface area contributed by atoms with Crippen LogP contribution in [0.5, 0.6) is 0 Å². The lowest BCUT2D eigenvalue weighted by atomic mass is 10.0. The number of hydrogen-bond acceptors (Lipinski definition) is 2. The van der Waals surface area contributed by atoms with Gasteiger partial charge in [-0.3, -0.25) is 4.79 Å². The number of benzene rings is 1. The average molecular weight is 300 g/mol. The lowest BCUT2D eigenvalue weighted by molar-refractivity contribution is -0.121. The molecule has 0 aliphatic rings. The van der Waals surface area contributed by atoms with Gasteiger partial charge in [0.15, 0.2) is 0 Å². The summed E-state index contributed by atoms with van der Waals surface area (Å²) >= 11 is 3.24. The highest BCUT2D eigenvalue weighted by Gasteiger charge is 2.22. The Kier molecular flexibility index (Phi) is 5.15. The van der Waals surface area contributed by atoms with Crippen LogP contribution in [0.25, 0.3) is 0 Å². The van der Waals surface area contributed by atoms with E-state index in [4.69, 9.17) is 0 Å². The van der Waals surface area contributed by atoms with E-state index < -0.39 is 12.0 Å². The first-order chi connectivity index (χ1) is 7.95. The normalized spacial score (nSPS) is 14.2. The maximum Gasteiger partial charge on any atom is 0.230 e. The maximum absolute atomic E-state index is 11.9. The number of alkyl halides is 1. The number of anilines is 1.